The zero-order chi connectivity index (χ0) is 16.9. The maximum absolute atomic E-state index is 11.4. The Morgan fingerprint density at radius 2 is 1.96 bits per heavy atom. The van der Waals surface area contributed by atoms with Crippen LogP contribution in [0.5, 0.6) is 0 Å². The number of amides is 1. The van der Waals surface area contributed by atoms with Gasteiger partial charge < -0.3 is 0 Å². The highest BCUT2D eigenvalue weighted by molar-refractivity contribution is 7.99. The van der Waals surface area contributed by atoms with Crippen molar-refractivity contribution in [2.75, 3.05) is 5.75 Å². The standard InChI is InChI=1S/C16H14ClN5OS/c17-12-6-4-5-11(9-12)15-20-21-16(24-10-14(23)19-18)22(15)13-7-2-1-3-8-13/h1-9H,10,18H2,(H,19,23). The maximum Gasteiger partial charge on any atom is 0.244 e. The Kier molecular flexibility index (Phi) is 5.14. The van der Waals surface area contributed by atoms with E-state index in [0.717, 1.165) is 11.3 Å². The molecule has 0 aliphatic carbocycles. The first-order valence-electron chi connectivity index (χ1n) is 7.08. The number of carbonyl (C=O) groups excluding carboxylic acids is 1. The molecule has 0 unspecified atom stereocenters. The third-order valence-corrected chi connectivity index (χ3v) is 4.39. The lowest BCUT2D eigenvalue weighted by atomic mass is 10.2. The van der Waals surface area contributed by atoms with Gasteiger partial charge in [0.1, 0.15) is 0 Å². The first-order chi connectivity index (χ1) is 11.7. The lowest BCUT2D eigenvalue weighted by Crippen LogP contribution is -2.31. The number of nitrogens with one attached hydrogen (secondary N) is 1. The van der Waals surface area contributed by atoms with E-state index in [1.807, 2.05) is 53.1 Å². The van der Waals surface area contributed by atoms with Crippen LogP contribution in [-0.2, 0) is 4.79 Å². The van der Waals surface area contributed by atoms with Crippen LogP contribution in [0.2, 0.25) is 5.02 Å². The number of nitrogens with two attached hydrogens (primary N) is 1. The number of para-hydroxylation sites is 1. The maximum atomic E-state index is 11.4. The monoisotopic (exact) mass is 359 g/mol. The number of nitrogens with zero attached hydrogens (tertiary/aromatic N) is 3. The number of hydrazine groups is 1. The van der Waals surface area contributed by atoms with Gasteiger partial charge >= 0.3 is 0 Å². The van der Waals surface area contributed by atoms with Gasteiger partial charge in [-0.2, -0.15) is 0 Å². The predicted molar refractivity (Wildman–Crippen MR) is 94.9 cm³/mol. The van der Waals surface area contributed by atoms with Crippen LogP contribution in [0.3, 0.4) is 0 Å². The number of rotatable bonds is 5. The predicted octanol–water partition coefficient (Wildman–Crippen LogP) is 2.67. The molecule has 1 amide bonds. The first-order valence-corrected chi connectivity index (χ1v) is 8.44. The molecule has 0 bridgehead atoms. The number of benzene rings is 2. The summed E-state index contributed by atoms with van der Waals surface area (Å²) in [5.41, 5.74) is 3.84. The van der Waals surface area contributed by atoms with Gasteiger partial charge in [-0.1, -0.05) is 53.7 Å². The highest BCUT2D eigenvalue weighted by atomic mass is 35.5. The van der Waals surface area contributed by atoms with Gasteiger partial charge in [0, 0.05) is 16.3 Å². The minimum Gasteiger partial charge on any atom is -0.294 e. The van der Waals surface area contributed by atoms with Crippen LogP contribution in [0, 0.1) is 0 Å². The van der Waals surface area contributed by atoms with Gasteiger partial charge in [-0.3, -0.25) is 14.8 Å². The summed E-state index contributed by atoms with van der Waals surface area (Å²) >= 11 is 7.35. The largest absolute Gasteiger partial charge is 0.294 e. The van der Waals surface area contributed by atoms with Gasteiger partial charge in [0.15, 0.2) is 11.0 Å². The van der Waals surface area contributed by atoms with E-state index in [0.29, 0.717) is 16.0 Å². The van der Waals surface area contributed by atoms with E-state index in [1.165, 1.54) is 11.8 Å². The number of halogens is 1. The minimum absolute atomic E-state index is 0.150. The summed E-state index contributed by atoms with van der Waals surface area (Å²) in [4.78, 5) is 11.4. The molecule has 6 nitrogen and oxygen atoms in total. The highest BCUT2D eigenvalue weighted by Gasteiger charge is 2.17. The Bertz CT molecular complexity index is 853. The van der Waals surface area contributed by atoms with Crippen molar-refractivity contribution >= 4 is 29.3 Å². The van der Waals surface area contributed by atoms with E-state index in [-0.39, 0.29) is 11.7 Å². The van der Waals surface area contributed by atoms with Gasteiger partial charge in [-0.05, 0) is 24.3 Å². The van der Waals surface area contributed by atoms with Crippen LogP contribution >= 0.6 is 23.4 Å². The molecular formula is C16H14ClN5OS. The van der Waals surface area contributed by atoms with Crippen LogP contribution in [-0.4, -0.2) is 26.4 Å². The number of thioether (sulfide) groups is 1. The highest BCUT2D eigenvalue weighted by Crippen LogP contribution is 2.29. The summed E-state index contributed by atoms with van der Waals surface area (Å²) < 4.78 is 1.89. The third-order valence-electron chi connectivity index (χ3n) is 3.22. The molecule has 122 valence electrons. The average Bonchev–Trinajstić information content (AvgIpc) is 3.04. The molecule has 24 heavy (non-hydrogen) atoms. The number of carbonyl (C=O) groups is 1. The second-order valence-electron chi connectivity index (χ2n) is 4.84. The van der Waals surface area contributed by atoms with Gasteiger partial charge in [0.05, 0.1) is 5.75 Å². The van der Waals surface area contributed by atoms with Gasteiger partial charge in [0.25, 0.3) is 0 Å². The lowest BCUT2D eigenvalue weighted by Gasteiger charge is -2.10. The van der Waals surface area contributed by atoms with E-state index in [9.17, 15) is 4.79 Å². The molecule has 1 heterocycles. The molecule has 0 atom stereocenters. The van der Waals surface area contributed by atoms with Crippen molar-refractivity contribution in [1.82, 2.24) is 20.2 Å². The van der Waals surface area contributed by atoms with Crippen LogP contribution in [0.1, 0.15) is 0 Å². The molecule has 0 fully saturated rings. The minimum atomic E-state index is -0.285. The van der Waals surface area contributed by atoms with Crippen molar-refractivity contribution in [3.05, 3.63) is 59.6 Å². The summed E-state index contributed by atoms with van der Waals surface area (Å²) in [6.45, 7) is 0. The molecule has 0 radical (unpaired) electrons. The quantitative estimate of drug-likeness (QED) is 0.316. The molecule has 3 N–H and O–H groups in total. The van der Waals surface area contributed by atoms with Crippen molar-refractivity contribution in [2.24, 2.45) is 5.84 Å². The normalized spacial score (nSPS) is 10.6. The van der Waals surface area contributed by atoms with Crippen molar-refractivity contribution in [3.63, 3.8) is 0 Å². The Hall–Kier alpha value is -2.35. The Balaban J connectivity index is 2.06. The molecule has 0 aliphatic rings. The van der Waals surface area contributed by atoms with E-state index >= 15 is 0 Å². The second kappa shape index (κ2) is 7.48. The first kappa shape index (κ1) is 16.5. The van der Waals surface area contributed by atoms with Gasteiger partial charge in [-0.25, -0.2) is 5.84 Å². The topological polar surface area (TPSA) is 85.8 Å². The van der Waals surface area contributed by atoms with Crippen molar-refractivity contribution < 1.29 is 4.79 Å². The smallest absolute Gasteiger partial charge is 0.244 e. The van der Waals surface area contributed by atoms with Crippen LogP contribution < -0.4 is 11.3 Å². The molecular weight excluding hydrogens is 346 g/mol. The average molecular weight is 360 g/mol. The van der Waals surface area contributed by atoms with Crippen LogP contribution in [0.4, 0.5) is 0 Å². The zero-order valence-corrected chi connectivity index (χ0v) is 14.1. The molecule has 0 spiro atoms. The fourth-order valence-electron chi connectivity index (χ4n) is 2.16. The zero-order valence-electron chi connectivity index (χ0n) is 12.5. The number of hydrogen-bond donors (Lipinski definition) is 2. The number of hydrogen-bond acceptors (Lipinski definition) is 5. The van der Waals surface area contributed by atoms with E-state index in [4.69, 9.17) is 17.4 Å². The molecule has 2 aromatic carbocycles. The van der Waals surface area contributed by atoms with Crippen molar-refractivity contribution in [2.45, 2.75) is 5.16 Å². The third kappa shape index (κ3) is 3.59. The summed E-state index contributed by atoms with van der Waals surface area (Å²) in [6.07, 6.45) is 0. The molecule has 0 aliphatic heterocycles. The van der Waals surface area contributed by atoms with E-state index in [2.05, 4.69) is 15.6 Å². The Morgan fingerprint density at radius 1 is 1.17 bits per heavy atom. The van der Waals surface area contributed by atoms with Gasteiger partial charge in [0.2, 0.25) is 5.91 Å². The summed E-state index contributed by atoms with van der Waals surface area (Å²) in [5.74, 6) is 5.64. The summed E-state index contributed by atoms with van der Waals surface area (Å²) in [6, 6.07) is 17.1. The fourth-order valence-corrected chi connectivity index (χ4v) is 3.11. The van der Waals surface area contributed by atoms with Crippen molar-refractivity contribution in [3.8, 4) is 17.1 Å². The molecule has 3 rings (SSSR count). The molecule has 0 saturated heterocycles. The molecule has 0 saturated carbocycles. The van der Waals surface area contributed by atoms with Gasteiger partial charge in [-0.15, -0.1) is 10.2 Å². The fraction of sp³-hybridized carbons (Fsp3) is 0.0625. The SMILES string of the molecule is NNC(=O)CSc1nnc(-c2cccc(Cl)c2)n1-c1ccccc1. The molecule has 8 heteroatoms. The van der Waals surface area contributed by atoms with E-state index < -0.39 is 0 Å². The Labute approximate surface area is 148 Å². The molecule has 3 aromatic rings. The van der Waals surface area contributed by atoms with Crippen molar-refractivity contribution in [1.29, 1.82) is 0 Å². The van der Waals surface area contributed by atoms with Crippen LogP contribution in [0.15, 0.2) is 59.8 Å². The Morgan fingerprint density at radius 3 is 2.67 bits per heavy atom. The number of aromatic nitrogens is 3. The second-order valence-corrected chi connectivity index (χ2v) is 6.22. The summed E-state index contributed by atoms with van der Waals surface area (Å²) in [7, 11) is 0. The lowest BCUT2D eigenvalue weighted by molar-refractivity contribution is -0.118. The van der Waals surface area contributed by atoms with E-state index in [1.54, 1.807) is 6.07 Å². The summed E-state index contributed by atoms with van der Waals surface area (Å²) in [5, 5.41) is 9.71. The van der Waals surface area contributed by atoms with Crippen LogP contribution in [0.25, 0.3) is 17.1 Å². The molecule has 1 aromatic heterocycles.